The van der Waals surface area contributed by atoms with E-state index in [2.05, 4.69) is 14.9 Å². The van der Waals surface area contributed by atoms with Gasteiger partial charge >= 0.3 is 5.97 Å². The molecule has 0 unspecified atom stereocenters. The Balaban J connectivity index is 1.56. The number of H-pyrrole nitrogens is 1. The first-order valence-corrected chi connectivity index (χ1v) is 10.6. The first-order valence-electron chi connectivity index (χ1n) is 9.70. The number of thiophene rings is 1. The minimum atomic E-state index is -0.315. The number of rotatable bonds is 5. The van der Waals surface area contributed by atoms with E-state index < -0.39 is 0 Å². The number of likely N-dealkylation sites (tertiary alicyclic amines) is 1. The molecule has 0 amide bonds. The first-order chi connectivity index (χ1) is 14.0. The van der Waals surface area contributed by atoms with Gasteiger partial charge in [0, 0.05) is 17.5 Å². The quantitative estimate of drug-likeness (QED) is 0.645. The molecule has 8 heteroatoms. The highest BCUT2D eigenvalue weighted by Crippen LogP contribution is 2.31. The van der Waals surface area contributed by atoms with Gasteiger partial charge in [-0.25, -0.2) is 9.37 Å². The number of ether oxygens (including phenoxy) is 1. The number of aromatic nitrogens is 2. The molecule has 29 heavy (non-hydrogen) atoms. The van der Waals surface area contributed by atoms with Crippen molar-refractivity contribution >= 4 is 27.5 Å². The van der Waals surface area contributed by atoms with E-state index in [9.17, 15) is 14.0 Å². The first kappa shape index (κ1) is 19.7. The highest BCUT2D eigenvalue weighted by molar-refractivity contribution is 7.17. The number of esters is 1. The SMILES string of the molecule is CCOC(=O)[C@@H]1CCCN(Cc2nc3scc(-c4ccc(F)cc4)c3c(=O)[nH]2)C1. The average molecular weight is 415 g/mol. The molecule has 1 aromatic carbocycles. The zero-order valence-corrected chi connectivity index (χ0v) is 16.9. The smallest absolute Gasteiger partial charge is 0.310 e. The van der Waals surface area contributed by atoms with Crippen LogP contribution in [-0.4, -0.2) is 40.5 Å². The molecule has 1 aliphatic heterocycles. The molecule has 1 aliphatic rings. The van der Waals surface area contributed by atoms with Crippen molar-refractivity contribution in [1.29, 1.82) is 0 Å². The molecule has 0 aliphatic carbocycles. The van der Waals surface area contributed by atoms with Gasteiger partial charge in [0.15, 0.2) is 0 Å². The predicted octanol–water partition coefficient (Wildman–Crippen LogP) is 3.57. The minimum absolute atomic E-state index is 0.133. The summed E-state index contributed by atoms with van der Waals surface area (Å²) in [6, 6.07) is 6.08. The molecule has 3 aromatic rings. The lowest BCUT2D eigenvalue weighted by molar-refractivity contribution is -0.150. The Morgan fingerprint density at radius 1 is 1.38 bits per heavy atom. The van der Waals surface area contributed by atoms with Crippen molar-refractivity contribution < 1.29 is 13.9 Å². The van der Waals surface area contributed by atoms with Gasteiger partial charge in [-0.3, -0.25) is 14.5 Å². The Morgan fingerprint density at radius 2 is 2.17 bits per heavy atom. The van der Waals surface area contributed by atoms with Gasteiger partial charge in [0.1, 0.15) is 16.5 Å². The normalized spacial score (nSPS) is 17.5. The number of hydrogen-bond donors (Lipinski definition) is 1. The van der Waals surface area contributed by atoms with E-state index in [4.69, 9.17) is 4.74 Å². The van der Waals surface area contributed by atoms with Crippen molar-refractivity contribution in [1.82, 2.24) is 14.9 Å². The summed E-state index contributed by atoms with van der Waals surface area (Å²) in [7, 11) is 0. The summed E-state index contributed by atoms with van der Waals surface area (Å²) in [6.07, 6.45) is 1.73. The molecule has 1 saturated heterocycles. The maximum absolute atomic E-state index is 13.2. The van der Waals surface area contributed by atoms with E-state index in [1.165, 1.54) is 23.5 Å². The minimum Gasteiger partial charge on any atom is -0.466 e. The molecule has 152 valence electrons. The maximum atomic E-state index is 13.2. The van der Waals surface area contributed by atoms with E-state index in [0.717, 1.165) is 30.5 Å². The second-order valence-corrected chi connectivity index (χ2v) is 8.03. The lowest BCUT2D eigenvalue weighted by Gasteiger charge is -2.30. The van der Waals surface area contributed by atoms with Crippen LogP contribution in [0.1, 0.15) is 25.6 Å². The molecule has 0 radical (unpaired) electrons. The number of aromatic amines is 1. The molecular formula is C21H22FN3O3S. The van der Waals surface area contributed by atoms with Gasteiger partial charge in [-0.15, -0.1) is 11.3 Å². The predicted molar refractivity (Wildman–Crippen MR) is 110 cm³/mol. The summed E-state index contributed by atoms with van der Waals surface area (Å²) < 4.78 is 18.4. The van der Waals surface area contributed by atoms with Crippen LogP contribution in [0.2, 0.25) is 0 Å². The van der Waals surface area contributed by atoms with Gasteiger partial charge in [0.2, 0.25) is 0 Å². The molecule has 0 saturated carbocycles. The van der Waals surface area contributed by atoms with Crippen molar-refractivity contribution in [2.24, 2.45) is 5.92 Å². The van der Waals surface area contributed by atoms with Gasteiger partial charge in [0.25, 0.3) is 5.56 Å². The largest absolute Gasteiger partial charge is 0.466 e. The molecule has 3 heterocycles. The summed E-state index contributed by atoms with van der Waals surface area (Å²) >= 11 is 1.40. The van der Waals surface area contributed by atoms with Gasteiger partial charge < -0.3 is 9.72 Å². The third-order valence-electron chi connectivity index (χ3n) is 5.15. The lowest BCUT2D eigenvalue weighted by Crippen LogP contribution is -2.39. The fourth-order valence-electron chi connectivity index (χ4n) is 3.77. The fraction of sp³-hybridized carbons (Fsp3) is 0.381. The number of hydrogen-bond acceptors (Lipinski definition) is 6. The van der Waals surface area contributed by atoms with Crippen LogP contribution in [0, 0.1) is 11.7 Å². The second kappa shape index (κ2) is 8.42. The van der Waals surface area contributed by atoms with Crippen LogP contribution in [-0.2, 0) is 16.1 Å². The second-order valence-electron chi connectivity index (χ2n) is 7.18. The topological polar surface area (TPSA) is 75.3 Å². The molecule has 1 N–H and O–H groups in total. The number of halogens is 1. The van der Waals surface area contributed by atoms with Crippen LogP contribution < -0.4 is 5.56 Å². The Labute approximate surface area is 171 Å². The Hall–Kier alpha value is -2.58. The lowest BCUT2D eigenvalue weighted by atomic mass is 9.98. The zero-order valence-electron chi connectivity index (χ0n) is 16.1. The highest BCUT2D eigenvalue weighted by atomic mass is 32.1. The third kappa shape index (κ3) is 4.23. The monoisotopic (exact) mass is 415 g/mol. The van der Waals surface area contributed by atoms with Crippen LogP contribution in [0.3, 0.4) is 0 Å². The summed E-state index contributed by atoms with van der Waals surface area (Å²) in [5.74, 6) is -0.0213. The van der Waals surface area contributed by atoms with Crippen LogP contribution >= 0.6 is 11.3 Å². The standard InChI is InChI=1S/C21H22FN3O3S/c1-2-28-21(27)14-4-3-9-25(10-14)11-17-23-19(26)18-16(12-29-20(18)24-17)13-5-7-15(22)8-6-13/h5-8,12,14H,2-4,9-11H2,1H3,(H,23,24,26)/t14-/m1/s1. The summed E-state index contributed by atoms with van der Waals surface area (Å²) in [4.78, 5) is 35.1. The van der Waals surface area contributed by atoms with Crippen LogP contribution in [0.15, 0.2) is 34.4 Å². The molecule has 2 aromatic heterocycles. The zero-order chi connectivity index (χ0) is 20.4. The number of benzene rings is 1. The van der Waals surface area contributed by atoms with Crippen molar-refractivity contribution in [3.8, 4) is 11.1 Å². The van der Waals surface area contributed by atoms with Crippen LogP contribution in [0.25, 0.3) is 21.3 Å². The van der Waals surface area contributed by atoms with Crippen molar-refractivity contribution in [2.45, 2.75) is 26.3 Å². The number of carbonyl (C=O) groups is 1. The molecular weight excluding hydrogens is 393 g/mol. The van der Waals surface area contributed by atoms with Crippen molar-refractivity contribution in [3.63, 3.8) is 0 Å². The molecule has 1 fully saturated rings. The van der Waals surface area contributed by atoms with E-state index in [0.29, 0.717) is 35.7 Å². The number of piperidine rings is 1. The number of carbonyl (C=O) groups excluding carboxylic acids is 1. The Bertz CT molecular complexity index is 1080. The van der Waals surface area contributed by atoms with Crippen LogP contribution in [0.5, 0.6) is 0 Å². The fourth-order valence-corrected chi connectivity index (χ4v) is 4.74. The van der Waals surface area contributed by atoms with Gasteiger partial charge in [-0.05, 0) is 44.0 Å². The maximum Gasteiger partial charge on any atom is 0.310 e. The Kier molecular flexibility index (Phi) is 5.73. The van der Waals surface area contributed by atoms with Gasteiger partial charge in [-0.1, -0.05) is 12.1 Å². The molecule has 6 nitrogen and oxygen atoms in total. The van der Waals surface area contributed by atoms with Crippen LogP contribution in [0.4, 0.5) is 4.39 Å². The van der Waals surface area contributed by atoms with Crippen molar-refractivity contribution in [2.75, 3.05) is 19.7 Å². The van der Waals surface area contributed by atoms with Gasteiger partial charge in [-0.2, -0.15) is 0 Å². The van der Waals surface area contributed by atoms with Gasteiger partial charge in [0.05, 0.1) is 24.5 Å². The van der Waals surface area contributed by atoms with Crippen molar-refractivity contribution in [3.05, 3.63) is 51.6 Å². The summed E-state index contributed by atoms with van der Waals surface area (Å²) in [5.41, 5.74) is 1.33. The summed E-state index contributed by atoms with van der Waals surface area (Å²) in [5, 5.41) is 2.40. The number of fused-ring (bicyclic) bond motifs is 1. The molecule has 0 bridgehead atoms. The number of nitrogens with one attached hydrogen (secondary N) is 1. The van der Waals surface area contributed by atoms with E-state index in [1.54, 1.807) is 12.1 Å². The summed E-state index contributed by atoms with van der Waals surface area (Å²) in [6.45, 7) is 4.12. The third-order valence-corrected chi connectivity index (χ3v) is 6.02. The van der Waals surface area contributed by atoms with E-state index in [-0.39, 0.29) is 23.3 Å². The number of nitrogens with zero attached hydrogens (tertiary/aromatic N) is 2. The average Bonchev–Trinajstić information content (AvgIpc) is 3.13. The van der Waals surface area contributed by atoms with E-state index >= 15 is 0 Å². The highest BCUT2D eigenvalue weighted by Gasteiger charge is 2.27. The molecule has 4 rings (SSSR count). The molecule has 1 atom stereocenters. The Morgan fingerprint density at radius 3 is 2.93 bits per heavy atom. The molecule has 0 spiro atoms. The van der Waals surface area contributed by atoms with E-state index in [1.807, 2.05) is 12.3 Å².